The molecule has 4 rings (SSSR count). The van der Waals surface area contributed by atoms with Gasteiger partial charge >= 0.3 is 0 Å². The molecule has 2 aromatic rings. The summed E-state index contributed by atoms with van der Waals surface area (Å²) in [5.74, 6) is 1.69. The third kappa shape index (κ3) is 4.00. The Balaban J connectivity index is 1.44. The van der Waals surface area contributed by atoms with E-state index in [0.29, 0.717) is 6.04 Å². The standard InChI is InChI=1S/C22H30N2O2S/c1-16-7-10-27-22(16)15-23-8-4-5-19(14-23)24-9-6-17-11-20(25-2)21(26-3)12-18(17)13-24/h7,10-12,19H,4-6,8-9,13-15H2,1-3H3. The van der Waals surface area contributed by atoms with Gasteiger partial charge in [-0.15, -0.1) is 11.3 Å². The lowest BCUT2D eigenvalue weighted by atomic mass is 9.95. The highest BCUT2D eigenvalue weighted by molar-refractivity contribution is 7.10. The first kappa shape index (κ1) is 18.8. The van der Waals surface area contributed by atoms with Crippen LogP contribution in [0.4, 0.5) is 0 Å². The number of likely N-dealkylation sites (tertiary alicyclic amines) is 1. The Kier molecular flexibility index (Phi) is 5.71. The van der Waals surface area contributed by atoms with Crippen molar-refractivity contribution < 1.29 is 9.47 Å². The predicted molar refractivity (Wildman–Crippen MR) is 111 cm³/mol. The van der Waals surface area contributed by atoms with Crippen molar-refractivity contribution in [3.05, 3.63) is 45.1 Å². The molecule has 1 unspecified atom stereocenters. The van der Waals surface area contributed by atoms with E-state index in [-0.39, 0.29) is 0 Å². The van der Waals surface area contributed by atoms with Gasteiger partial charge < -0.3 is 9.47 Å². The Hall–Kier alpha value is -1.56. The minimum Gasteiger partial charge on any atom is -0.493 e. The van der Waals surface area contributed by atoms with Gasteiger partial charge in [0.1, 0.15) is 0 Å². The van der Waals surface area contributed by atoms with Gasteiger partial charge in [0.2, 0.25) is 0 Å². The van der Waals surface area contributed by atoms with Gasteiger partial charge in [0.05, 0.1) is 14.2 Å². The molecule has 1 aromatic heterocycles. The molecule has 1 fully saturated rings. The first-order chi connectivity index (χ1) is 13.2. The fourth-order valence-electron chi connectivity index (χ4n) is 4.46. The highest BCUT2D eigenvalue weighted by atomic mass is 32.1. The number of rotatable bonds is 5. The molecule has 1 saturated heterocycles. The summed E-state index contributed by atoms with van der Waals surface area (Å²) >= 11 is 1.90. The van der Waals surface area contributed by atoms with Crippen molar-refractivity contribution in [1.29, 1.82) is 0 Å². The fourth-order valence-corrected chi connectivity index (χ4v) is 5.41. The van der Waals surface area contributed by atoms with Crippen molar-refractivity contribution in [2.75, 3.05) is 33.9 Å². The molecule has 0 N–H and O–H groups in total. The van der Waals surface area contributed by atoms with Gasteiger partial charge in [0, 0.05) is 37.1 Å². The van der Waals surface area contributed by atoms with Crippen LogP contribution in [-0.4, -0.2) is 49.7 Å². The molecule has 0 amide bonds. The van der Waals surface area contributed by atoms with E-state index in [4.69, 9.17) is 9.47 Å². The third-order valence-corrected chi connectivity index (χ3v) is 7.09. The van der Waals surface area contributed by atoms with E-state index in [2.05, 4.69) is 40.3 Å². The Bertz CT molecular complexity index is 789. The molecular formula is C22H30N2O2S. The molecule has 1 aromatic carbocycles. The second kappa shape index (κ2) is 8.21. The van der Waals surface area contributed by atoms with Crippen LogP contribution in [0.25, 0.3) is 0 Å². The van der Waals surface area contributed by atoms with Crippen molar-refractivity contribution in [1.82, 2.24) is 9.80 Å². The molecule has 5 heteroatoms. The van der Waals surface area contributed by atoms with Gasteiger partial charge in [0.25, 0.3) is 0 Å². The van der Waals surface area contributed by atoms with Crippen LogP contribution in [0.2, 0.25) is 0 Å². The number of thiophene rings is 1. The summed E-state index contributed by atoms with van der Waals surface area (Å²) in [6, 6.07) is 7.24. The van der Waals surface area contributed by atoms with Crippen LogP contribution < -0.4 is 9.47 Å². The summed E-state index contributed by atoms with van der Waals surface area (Å²) in [6.45, 7) is 7.90. The summed E-state index contributed by atoms with van der Waals surface area (Å²) in [4.78, 5) is 6.86. The molecule has 0 saturated carbocycles. The molecule has 0 bridgehead atoms. The van der Waals surface area contributed by atoms with E-state index in [9.17, 15) is 0 Å². The minimum absolute atomic E-state index is 0.653. The van der Waals surface area contributed by atoms with Gasteiger partial charge in [-0.25, -0.2) is 0 Å². The molecule has 1 atom stereocenters. The van der Waals surface area contributed by atoms with Crippen LogP contribution in [0.15, 0.2) is 23.6 Å². The van der Waals surface area contributed by atoms with E-state index in [1.165, 1.54) is 47.5 Å². The maximum atomic E-state index is 5.52. The zero-order valence-electron chi connectivity index (χ0n) is 16.7. The minimum atomic E-state index is 0.653. The second-order valence-corrected chi connectivity index (χ2v) is 8.76. The number of ether oxygens (including phenoxy) is 2. The molecular weight excluding hydrogens is 356 g/mol. The quantitative estimate of drug-likeness (QED) is 0.772. The average molecular weight is 387 g/mol. The van der Waals surface area contributed by atoms with Gasteiger partial charge in [-0.05, 0) is 73.0 Å². The Morgan fingerprint density at radius 3 is 2.59 bits per heavy atom. The summed E-state index contributed by atoms with van der Waals surface area (Å²) in [5, 5.41) is 2.22. The molecule has 2 aliphatic rings. The van der Waals surface area contributed by atoms with Crippen LogP contribution in [0.3, 0.4) is 0 Å². The zero-order chi connectivity index (χ0) is 18.8. The molecule has 2 aliphatic heterocycles. The summed E-state index contributed by atoms with van der Waals surface area (Å²) in [6.07, 6.45) is 3.70. The number of hydrogen-bond donors (Lipinski definition) is 0. The number of methoxy groups -OCH3 is 2. The molecule has 0 radical (unpaired) electrons. The first-order valence-electron chi connectivity index (χ1n) is 9.91. The molecule has 4 nitrogen and oxygen atoms in total. The number of fused-ring (bicyclic) bond motifs is 1. The highest BCUT2D eigenvalue weighted by Gasteiger charge is 2.29. The van der Waals surface area contributed by atoms with E-state index >= 15 is 0 Å². The topological polar surface area (TPSA) is 24.9 Å². The zero-order valence-corrected chi connectivity index (χ0v) is 17.5. The monoisotopic (exact) mass is 386 g/mol. The summed E-state index contributed by atoms with van der Waals surface area (Å²) < 4.78 is 11.0. The summed E-state index contributed by atoms with van der Waals surface area (Å²) in [5.41, 5.74) is 4.24. The van der Waals surface area contributed by atoms with Crippen LogP contribution in [-0.2, 0) is 19.5 Å². The predicted octanol–water partition coefficient (Wildman–Crippen LogP) is 4.10. The Morgan fingerprint density at radius 1 is 1.11 bits per heavy atom. The van der Waals surface area contributed by atoms with Gasteiger partial charge in [-0.3, -0.25) is 9.80 Å². The second-order valence-electron chi connectivity index (χ2n) is 7.75. The van der Waals surface area contributed by atoms with E-state index < -0.39 is 0 Å². The number of aryl methyl sites for hydroxylation is 1. The highest BCUT2D eigenvalue weighted by Crippen LogP contribution is 2.34. The van der Waals surface area contributed by atoms with Crippen molar-refractivity contribution >= 4 is 11.3 Å². The summed E-state index contributed by atoms with van der Waals surface area (Å²) in [7, 11) is 3.43. The number of piperidine rings is 1. The average Bonchev–Trinajstić information content (AvgIpc) is 3.11. The van der Waals surface area contributed by atoms with Crippen LogP contribution >= 0.6 is 11.3 Å². The molecule has 27 heavy (non-hydrogen) atoms. The van der Waals surface area contributed by atoms with E-state index in [0.717, 1.165) is 37.6 Å². The van der Waals surface area contributed by atoms with Crippen molar-refractivity contribution in [2.45, 2.75) is 45.3 Å². The number of benzene rings is 1. The lowest BCUT2D eigenvalue weighted by molar-refractivity contribution is 0.0841. The van der Waals surface area contributed by atoms with Crippen molar-refractivity contribution in [3.8, 4) is 11.5 Å². The van der Waals surface area contributed by atoms with Gasteiger partial charge in [-0.2, -0.15) is 0 Å². The maximum absolute atomic E-state index is 5.52. The van der Waals surface area contributed by atoms with E-state index in [1.54, 1.807) is 14.2 Å². The maximum Gasteiger partial charge on any atom is 0.161 e. The fraction of sp³-hybridized carbons (Fsp3) is 0.545. The number of hydrogen-bond acceptors (Lipinski definition) is 5. The third-order valence-electron chi connectivity index (χ3n) is 6.08. The number of nitrogens with zero attached hydrogens (tertiary/aromatic N) is 2. The Labute approximate surface area is 166 Å². The molecule has 3 heterocycles. The van der Waals surface area contributed by atoms with Crippen LogP contribution in [0.5, 0.6) is 11.5 Å². The lowest BCUT2D eigenvalue weighted by Crippen LogP contribution is -2.49. The lowest BCUT2D eigenvalue weighted by Gasteiger charge is -2.41. The van der Waals surface area contributed by atoms with Crippen LogP contribution in [0, 0.1) is 6.92 Å². The molecule has 0 spiro atoms. The van der Waals surface area contributed by atoms with Gasteiger partial charge in [-0.1, -0.05) is 0 Å². The Morgan fingerprint density at radius 2 is 1.89 bits per heavy atom. The van der Waals surface area contributed by atoms with E-state index in [1.807, 2.05) is 11.3 Å². The van der Waals surface area contributed by atoms with Crippen molar-refractivity contribution in [2.24, 2.45) is 0 Å². The molecule has 0 aliphatic carbocycles. The largest absolute Gasteiger partial charge is 0.493 e. The normalized spacial score (nSPS) is 21.1. The smallest absolute Gasteiger partial charge is 0.161 e. The van der Waals surface area contributed by atoms with Crippen molar-refractivity contribution in [3.63, 3.8) is 0 Å². The van der Waals surface area contributed by atoms with Gasteiger partial charge in [0.15, 0.2) is 11.5 Å². The first-order valence-corrected chi connectivity index (χ1v) is 10.8. The van der Waals surface area contributed by atoms with Crippen LogP contribution in [0.1, 0.15) is 34.4 Å². The molecule has 146 valence electrons. The SMILES string of the molecule is COc1cc2c(cc1OC)CN(C1CCCN(Cc3sccc3C)C1)CC2.